The van der Waals surface area contributed by atoms with Gasteiger partial charge in [-0.1, -0.05) is 49.2 Å². The van der Waals surface area contributed by atoms with Gasteiger partial charge in [0, 0.05) is 5.56 Å². The Labute approximate surface area is 128 Å². The van der Waals surface area contributed by atoms with Crippen molar-refractivity contribution in [2.45, 2.75) is 19.8 Å². The van der Waals surface area contributed by atoms with Crippen LogP contribution in [0.4, 0.5) is 0 Å². The molecule has 0 atom stereocenters. The van der Waals surface area contributed by atoms with E-state index in [0.717, 1.165) is 24.0 Å². The predicted octanol–water partition coefficient (Wildman–Crippen LogP) is 5.01. The largest absolute Gasteiger partial charge is 0.416 e. The van der Waals surface area contributed by atoms with Gasteiger partial charge in [-0.25, -0.2) is 0 Å². The van der Waals surface area contributed by atoms with Gasteiger partial charge >= 0.3 is 0 Å². The molecule has 0 spiro atoms. The molecule has 0 aliphatic carbocycles. The number of aromatic nitrogens is 2. The van der Waals surface area contributed by atoms with E-state index >= 15 is 0 Å². The summed E-state index contributed by atoms with van der Waals surface area (Å²) in [5.74, 6) is 0.946. The number of nitrogens with zero attached hydrogens (tertiary/aromatic N) is 2. The van der Waals surface area contributed by atoms with Crippen LogP contribution in [0.3, 0.4) is 0 Å². The Morgan fingerprint density at radius 2 is 1.67 bits per heavy atom. The van der Waals surface area contributed by atoms with Crippen molar-refractivity contribution in [1.29, 1.82) is 0 Å². The summed E-state index contributed by atoms with van der Waals surface area (Å²) >= 11 is 6.14. The SMILES string of the molecule is CCCc1ccc(-c2nnc(-c3ccccc3Cl)o2)cc1. The van der Waals surface area contributed by atoms with Gasteiger partial charge in [-0.15, -0.1) is 10.2 Å². The van der Waals surface area contributed by atoms with E-state index in [1.165, 1.54) is 5.56 Å². The van der Waals surface area contributed by atoms with Crippen LogP contribution >= 0.6 is 11.6 Å². The second-order valence-electron chi connectivity index (χ2n) is 4.84. The lowest BCUT2D eigenvalue weighted by Crippen LogP contribution is -1.83. The van der Waals surface area contributed by atoms with Crippen molar-refractivity contribution in [1.82, 2.24) is 10.2 Å². The molecule has 0 saturated carbocycles. The van der Waals surface area contributed by atoms with Crippen LogP contribution in [0.15, 0.2) is 52.9 Å². The third-order valence-electron chi connectivity index (χ3n) is 3.27. The molecular formula is C17H15ClN2O. The number of hydrogen-bond donors (Lipinski definition) is 0. The average Bonchev–Trinajstić information content (AvgIpc) is 2.98. The van der Waals surface area contributed by atoms with E-state index in [1.54, 1.807) is 6.07 Å². The molecule has 3 nitrogen and oxygen atoms in total. The monoisotopic (exact) mass is 298 g/mol. The van der Waals surface area contributed by atoms with Gasteiger partial charge in [-0.05, 0) is 36.2 Å². The molecule has 3 aromatic rings. The molecule has 0 saturated heterocycles. The molecule has 3 rings (SSSR count). The first kappa shape index (κ1) is 13.8. The maximum Gasteiger partial charge on any atom is 0.249 e. The molecule has 0 bridgehead atoms. The molecule has 1 aromatic heterocycles. The summed E-state index contributed by atoms with van der Waals surface area (Å²) in [5.41, 5.74) is 2.98. The van der Waals surface area contributed by atoms with Gasteiger partial charge < -0.3 is 4.42 Å². The summed E-state index contributed by atoms with van der Waals surface area (Å²) in [4.78, 5) is 0. The highest BCUT2D eigenvalue weighted by Gasteiger charge is 2.12. The van der Waals surface area contributed by atoms with Gasteiger partial charge in [0.2, 0.25) is 11.8 Å². The van der Waals surface area contributed by atoms with Gasteiger partial charge in [0.25, 0.3) is 0 Å². The second-order valence-corrected chi connectivity index (χ2v) is 5.25. The summed E-state index contributed by atoms with van der Waals surface area (Å²) < 4.78 is 5.73. The Balaban J connectivity index is 1.89. The fraction of sp³-hybridized carbons (Fsp3) is 0.176. The zero-order valence-electron chi connectivity index (χ0n) is 11.7. The molecule has 0 amide bonds. The first-order chi connectivity index (χ1) is 10.3. The van der Waals surface area contributed by atoms with Crippen LogP contribution < -0.4 is 0 Å². The van der Waals surface area contributed by atoms with Crippen molar-refractivity contribution < 1.29 is 4.42 Å². The van der Waals surface area contributed by atoms with Crippen LogP contribution in [0.25, 0.3) is 22.9 Å². The van der Waals surface area contributed by atoms with Crippen LogP contribution in [0.2, 0.25) is 5.02 Å². The molecule has 0 aliphatic heterocycles. The highest BCUT2D eigenvalue weighted by molar-refractivity contribution is 6.33. The predicted molar refractivity (Wildman–Crippen MR) is 84.2 cm³/mol. The Morgan fingerprint density at radius 3 is 2.38 bits per heavy atom. The van der Waals surface area contributed by atoms with Crippen molar-refractivity contribution in [3.05, 3.63) is 59.1 Å². The van der Waals surface area contributed by atoms with Crippen LogP contribution in [0.5, 0.6) is 0 Å². The fourth-order valence-corrected chi connectivity index (χ4v) is 2.40. The highest BCUT2D eigenvalue weighted by atomic mass is 35.5. The molecule has 1 heterocycles. The van der Waals surface area contributed by atoms with Gasteiger partial charge in [-0.3, -0.25) is 0 Å². The van der Waals surface area contributed by atoms with Crippen LogP contribution in [-0.2, 0) is 6.42 Å². The Kier molecular flexibility index (Phi) is 4.02. The quantitative estimate of drug-likeness (QED) is 0.679. The minimum atomic E-state index is 0.438. The zero-order valence-corrected chi connectivity index (χ0v) is 12.5. The van der Waals surface area contributed by atoms with Gasteiger partial charge in [0.1, 0.15) is 0 Å². The number of halogens is 1. The van der Waals surface area contributed by atoms with Crippen LogP contribution in [0.1, 0.15) is 18.9 Å². The van der Waals surface area contributed by atoms with Crippen LogP contribution in [0, 0.1) is 0 Å². The minimum absolute atomic E-state index is 0.438. The third kappa shape index (κ3) is 2.98. The standard InChI is InChI=1S/C17H15ClN2O/c1-2-5-12-8-10-13(11-9-12)16-19-20-17(21-16)14-6-3-4-7-15(14)18/h3-4,6-11H,2,5H2,1H3. The molecule has 0 radical (unpaired) electrons. The second kappa shape index (κ2) is 6.10. The summed E-state index contributed by atoms with van der Waals surface area (Å²) in [6.07, 6.45) is 2.21. The summed E-state index contributed by atoms with van der Waals surface area (Å²) in [6, 6.07) is 15.6. The van der Waals surface area contributed by atoms with Crippen molar-refractivity contribution in [2.75, 3.05) is 0 Å². The maximum absolute atomic E-state index is 6.14. The normalized spacial score (nSPS) is 10.8. The van der Waals surface area contributed by atoms with Gasteiger partial charge in [0.15, 0.2) is 0 Å². The van der Waals surface area contributed by atoms with Crippen molar-refractivity contribution in [3.8, 4) is 22.9 Å². The molecule has 4 heteroatoms. The van der Waals surface area contributed by atoms with E-state index in [-0.39, 0.29) is 0 Å². The first-order valence-corrected chi connectivity index (χ1v) is 7.33. The molecule has 0 N–H and O–H groups in total. The topological polar surface area (TPSA) is 38.9 Å². The van der Waals surface area contributed by atoms with Gasteiger partial charge in [-0.2, -0.15) is 0 Å². The van der Waals surface area contributed by atoms with E-state index in [4.69, 9.17) is 16.0 Å². The number of aryl methyl sites for hydroxylation is 1. The highest BCUT2D eigenvalue weighted by Crippen LogP contribution is 2.29. The number of hydrogen-bond acceptors (Lipinski definition) is 3. The Morgan fingerprint density at radius 1 is 0.952 bits per heavy atom. The molecule has 0 aliphatic rings. The van der Waals surface area contributed by atoms with Crippen LogP contribution in [-0.4, -0.2) is 10.2 Å². The summed E-state index contributed by atoms with van der Waals surface area (Å²) in [6.45, 7) is 2.17. The average molecular weight is 299 g/mol. The lowest BCUT2D eigenvalue weighted by Gasteiger charge is -2.00. The maximum atomic E-state index is 6.14. The Bertz CT molecular complexity index is 735. The third-order valence-corrected chi connectivity index (χ3v) is 3.60. The summed E-state index contributed by atoms with van der Waals surface area (Å²) in [7, 11) is 0. The van der Waals surface area contributed by atoms with E-state index in [9.17, 15) is 0 Å². The van der Waals surface area contributed by atoms with Crippen molar-refractivity contribution >= 4 is 11.6 Å². The van der Waals surface area contributed by atoms with E-state index < -0.39 is 0 Å². The molecule has 21 heavy (non-hydrogen) atoms. The Hall–Kier alpha value is -2.13. The van der Waals surface area contributed by atoms with Gasteiger partial charge in [0.05, 0.1) is 10.6 Å². The van der Waals surface area contributed by atoms with E-state index in [1.807, 2.05) is 30.3 Å². The molecular weight excluding hydrogens is 284 g/mol. The van der Waals surface area contributed by atoms with Crippen molar-refractivity contribution in [2.24, 2.45) is 0 Å². The number of rotatable bonds is 4. The lowest BCUT2D eigenvalue weighted by atomic mass is 10.1. The molecule has 2 aromatic carbocycles. The zero-order chi connectivity index (χ0) is 14.7. The molecule has 0 unspecified atom stereocenters. The summed E-state index contributed by atoms with van der Waals surface area (Å²) in [5, 5.41) is 8.79. The first-order valence-electron chi connectivity index (χ1n) is 6.95. The van der Waals surface area contributed by atoms with Crippen molar-refractivity contribution in [3.63, 3.8) is 0 Å². The minimum Gasteiger partial charge on any atom is -0.416 e. The molecule has 0 fully saturated rings. The molecule has 106 valence electrons. The van der Waals surface area contributed by atoms with E-state index in [2.05, 4.69) is 29.3 Å². The van der Waals surface area contributed by atoms with E-state index in [0.29, 0.717) is 16.8 Å². The fourth-order valence-electron chi connectivity index (χ4n) is 2.19. The smallest absolute Gasteiger partial charge is 0.249 e. The lowest BCUT2D eigenvalue weighted by molar-refractivity contribution is 0.584. The number of benzene rings is 2.